The Kier molecular flexibility index (Phi) is 6.08. The quantitative estimate of drug-likeness (QED) is 0.787. The summed E-state index contributed by atoms with van der Waals surface area (Å²) in [4.78, 5) is 24.7. The number of piperidine rings is 1. The topological polar surface area (TPSA) is 78.9 Å². The van der Waals surface area contributed by atoms with Crippen LogP contribution in [0.1, 0.15) is 26.7 Å². The number of ether oxygens (including phenoxy) is 1. The summed E-state index contributed by atoms with van der Waals surface area (Å²) in [5.74, 6) is -0.625. The van der Waals surface area contributed by atoms with E-state index in [1.807, 2.05) is 0 Å². The van der Waals surface area contributed by atoms with E-state index in [0.717, 1.165) is 19.4 Å². The highest BCUT2D eigenvalue weighted by Gasteiger charge is 2.28. The maximum absolute atomic E-state index is 12.0. The van der Waals surface area contributed by atoms with Crippen molar-refractivity contribution in [2.24, 2.45) is 11.8 Å². The Morgan fingerprint density at radius 3 is 2.37 bits per heavy atom. The first-order chi connectivity index (χ1) is 8.95. The molecule has 19 heavy (non-hydrogen) atoms. The highest BCUT2D eigenvalue weighted by molar-refractivity contribution is 5.82. The van der Waals surface area contributed by atoms with Crippen molar-refractivity contribution >= 4 is 12.0 Å². The van der Waals surface area contributed by atoms with E-state index in [4.69, 9.17) is 9.84 Å². The average Bonchev–Trinajstić information content (AvgIpc) is 2.36. The number of carbonyl (C=O) groups is 2. The smallest absolute Gasteiger partial charge is 0.326 e. The lowest BCUT2D eigenvalue weighted by molar-refractivity contribution is -0.140. The van der Waals surface area contributed by atoms with E-state index in [1.54, 1.807) is 25.9 Å². The van der Waals surface area contributed by atoms with Crippen molar-refractivity contribution in [3.63, 3.8) is 0 Å². The van der Waals surface area contributed by atoms with Crippen LogP contribution < -0.4 is 5.32 Å². The third kappa shape index (κ3) is 4.70. The lowest BCUT2D eigenvalue weighted by atomic mass is 9.98. The number of carboxylic acids is 1. The van der Waals surface area contributed by atoms with E-state index in [2.05, 4.69) is 5.32 Å². The summed E-state index contributed by atoms with van der Waals surface area (Å²) in [5, 5.41) is 11.6. The minimum Gasteiger partial charge on any atom is -0.480 e. The van der Waals surface area contributed by atoms with Crippen molar-refractivity contribution in [3.8, 4) is 0 Å². The molecule has 0 aromatic heterocycles. The fourth-order valence-electron chi connectivity index (χ4n) is 2.28. The number of carboxylic acid groups (broad SMARTS) is 1. The maximum atomic E-state index is 12.0. The molecule has 0 bridgehead atoms. The minimum atomic E-state index is -0.988. The van der Waals surface area contributed by atoms with Gasteiger partial charge in [0, 0.05) is 26.8 Å². The molecule has 0 saturated carbocycles. The summed E-state index contributed by atoms with van der Waals surface area (Å²) in [6.45, 7) is 5.60. The molecule has 0 aromatic rings. The highest BCUT2D eigenvalue weighted by atomic mass is 16.5. The van der Waals surface area contributed by atoms with Crippen molar-refractivity contribution in [1.29, 1.82) is 0 Å². The molecule has 110 valence electrons. The van der Waals surface area contributed by atoms with E-state index in [-0.39, 0.29) is 11.9 Å². The van der Waals surface area contributed by atoms with Crippen LogP contribution in [0.5, 0.6) is 0 Å². The zero-order valence-electron chi connectivity index (χ0n) is 11.9. The molecular formula is C13H24N2O4. The molecule has 2 amide bonds. The second kappa shape index (κ2) is 7.33. The van der Waals surface area contributed by atoms with Crippen LogP contribution in [0.2, 0.25) is 0 Å². The first kappa shape index (κ1) is 15.8. The van der Waals surface area contributed by atoms with Gasteiger partial charge in [0.25, 0.3) is 0 Å². The van der Waals surface area contributed by atoms with Gasteiger partial charge in [0.15, 0.2) is 0 Å². The van der Waals surface area contributed by atoms with Crippen LogP contribution in [0.25, 0.3) is 0 Å². The number of rotatable bonds is 5. The highest BCUT2D eigenvalue weighted by Crippen LogP contribution is 2.17. The Morgan fingerprint density at radius 1 is 1.37 bits per heavy atom. The molecule has 2 N–H and O–H groups in total. The fraction of sp³-hybridized carbons (Fsp3) is 0.846. The Morgan fingerprint density at radius 2 is 1.95 bits per heavy atom. The SMILES string of the molecule is COCC1CCN(C(=O)NC(C(=O)O)C(C)C)CC1. The molecule has 0 radical (unpaired) electrons. The van der Waals surface area contributed by atoms with E-state index in [9.17, 15) is 9.59 Å². The largest absolute Gasteiger partial charge is 0.480 e. The molecule has 0 aliphatic carbocycles. The summed E-state index contributed by atoms with van der Waals surface area (Å²) >= 11 is 0. The summed E-state index contributed by atoms with van der Waals surface area (Å²) in [7, 11) is 1.68. The summed E-state index contributed by atoms with van der Waals surface area (Å²) in [6, 6.07) is -1.11. The van der Waals surface area contributed by atoms with Gasteiger partial charge >= 0.3 is 12.0 Å². The lowest BCUT2D eigenvalue weighted by Crippen LogP contribution is -2.52. The Labute approximate surface area is 114 Å². The Balaban J connectivity index is 2.44. The van der Waals surface area contributed by atoms with Crippen LogP contribution in [0.3, 0.4) is 0 Å². The van der Waals surface area contributed by atoms with Crippen LogP contribution in [-0.4, -0.2) is 54.9 Å². The van der Waals surface area contributed by atoms with Crippen LogP contribution in [-0.2, 0) is 9.53 Å². The van der Waals surface area contributed by atoms with Gasteiger partial charge < -0.3 is 20.1 Å². The predicted octanol–water partition coefficient (Wildman–Crippen LogP) is 1.16. The molecule has 6 nitrogen and oxygen atoms in total. The fourth-order valence-corrected chi connectivity index (χ4v) is 2.28. The zero-order valence-corrected chi connectivity index (χ0v) is 11.9. The molecule has 1 fully saturated rings. The standard InChI is InChI=1S/C13H24N2O4/c1-9(2)11(12(16)17)14-13(18)15-6-4-10(5-7-15)8-19-3/h9-11H,4-8H2,1-3H3,(H,14,18)(H,16,17). The second-order valence-corrected chi connectivity index (χ2v) is 5.40. The van der Waals surface area contributed by atoms with Crippen molar-refractivity contribution in [1.82, 2.24) is 10.2 Å². The minimum absolute atomic E-state index is 0.132. The Bertz CT molecular complexity index is 312. The number of likely N-dealkylation sites (tertiary alicyclic amines) is 1. The van der Waals surface area contributed by atoms with Crippen LogP contribution in [0.15, 0.2) is 0 Å². The molecule has 0 spiro atoms. The zero-order chi connectivity index (χ0) is 14.4. The van der Waals surface area contributed by atoms with Gasteiger partial charge in [0.05, 0.1) is 0 Å². The Hall–Kier alpha value is -1.30. The lowest BCUT2D eigenvalue weighted by Gasteiger charge is -2.32. The maximum Gasteiger partial charge on any atom is 0.326 e. The van der Waals surface area contributed by atoms with Gasteiger partial charge in [0.2, 0.25) is 0 Å². The van der Waals surface area contributed by atoms with E-state index >= 15 is 0 Å². The molecule has 0 aromatic carbocycles. The number of nitrogens with one attached hydrogen (secondary N) is 1. The predicted molar refractivity (Wildman–Crippen MR) is 71.0 cm³/mol. The number of hydrogen-bond acceptors (Lipinski definition) is 3. The first-order valence-corrected chi connectivity index (χ1v) is 6.72. The summed E-state index contributed by atoms with van der Waals surface area (Å²) < 4.78 is 5.11. The van der Waals surface area contributed by atoms with Crippen molar-refractivity contribution < 1.29 is 19.4 Å². The average molecular weight is 272 g/mol. The number of methoxy groups -OCH3 is 1. The molecule has 1 aliphatic heterocycles. The first-order valence-electron chi connectivity index (χ1n) is 6.72. The molecule has 1 heterocycles. The summed E-state index contributed by atoms with van der Waals surface area (Å²) in [6.07, 6.45) is 1.81. The third-order valence-electron chi connectivity index (χ3n) is 3.52. The van der Waals surface area contributed by atoms with Crippen molar-refractivity contribution in [3.05, 3.63) is 0 Å². The van der Waals surface area contributed by atoms with Gasteiger partial charge in [-0.15, -0.1) is 0 Å². The third-order valence-corrected chi connectivity index (χ3v) is 3.52. The van der Waals surface area contributed by atoms with Crippen molar-refractivity contribution in [2.75, 3.05) is 26.8 Å². The van der Waals surface area contributed by atoms with Gasteiger partial charge in [-0.2, -0.15) is 0 Å². The van der Waals surface area contributed by atoms with E-state index in [1.165, 1.54) is 0 Å². The van der Waals surface area contributed by atoms with Crippen LogP contribution in [0.4, 0.5) is 4.79 Å². The molecule has 6 heteroatoms. The van der Waals surface area contributed by atoms with E-state index in [0.29, 0.717) is 19.0 Å². The van der Waals surface area contributed by atoms with Gasteiger partial charge in [-0.25, -0.2) is 9.59 Å². The van der Waals surface area contributed by atoms with Gasteiger partial charge in [0.1, 0.15) is 6.04 Å². The summed E-state index contributed by atoms with van der Waals surface area (Å²) in [5.41, 5.74) is 0. The van der Waals surface area contributed by atoms with Crippen LogP contribution in [0, 0.1) is 11.8 Å². The van der Waals surface area contributed by atoms with Gasteiger partial charge in [-0.05, 0) is 24.7 Å². The monoisotopic (exact) mass is 272 g/mol. The van der Waals surface area contributed by atoms with Gasteiger partial charge in [-0.1, -0.05) is 13.8 Å². The van der Waals surface area contributed by atoms with E-state index < -0.39 is 12.0 Å². The molecule has 1 saturated heterocycles. The number of urea groups is 1. The van der Waals surface area contributed by atoms with Crippen molar-refractivity contribution in [2.45, 2.75) is 32.7 Å². The number of nitrogens with zero attached hydrogens (tertiary/aromatic N) is 1. The second-order valence-electron chi connectivity index (χ2n) is 5.40. The molecule has 1 rings (SSSR count). The number of carbonyl (C=O) groups excluding carboxylic acids is 1. The molecule has 1 aliphatic rings. The number of hydrogen-bond donors (Lipinski definition) is 2. The normalized spacial score (nSPS) is 18.4. The molecule has 1 unspecified atom stereocenters. The molecular weight excluding hydrogens is 248 g/mol. The number of amides is 2. The molecule has 1 atom stereocenters. The van der Waals surface area contributed by atoms with Gasteiger partial charge in [-0.3, -0.25) is 0 Å². The number of aliphatic carboxylic acids is 1. The van der Waals surface area contributed by atoms with Crippen LogP contribution >= 0.6 is 0 Å².